The van der Waals surface area contributed by atoms with E-state index in [1.807, 2.05) is 31.3 Å². The minimum atomic E-state index is 0.589. The van der Waals surface area contributed by atoms with Crippen LogP contribution in [0.2, 0.25) is 0 Å². The maximum Gasteiger partial charge on any atom is 0.124 e. The van der Waals surface area contributed by atoms with Gasteiger partial charge < -0.3 is 4.74 Å². The number of halogens is 1. The Kier molecular flexibility index (Phi) is 5.76. The summed E-state index contributed by atoms with van der Waals surface area (Å²) in [6.07, 6.45) is 2.79. The van der Waals surface area contributed by atoms with Crippen LogP contribution in [0.3, 0.4) is 0 Å². The summed E-state index contributed by atoms with van der Waals surface area (Å²) in [7, 11) is 0. The van der Waals surface area contributed by atoms with Gasteiger partial charge >= 0.3 is 0 Å². The molecular weight excluding hydrogens is 384 g/mol. The second-order valence-electron chi connectivity index (χ2n) is 5.54. The number of hydrogen-bond donors (Lipinski definition) is 0. The highest BCUT2D eigenvalue weighted by Crippen LogP contribution is 2.28. The summed E-state index contributed by atoms with van der Waals surface area (Å²) in [4.78, 5) is 10.2. The Morgan fingerprint density at radius 1 is 1.12 bits per heavy atom. The lowest BCUT2D eigenvalue weighted by Gasteiger charge is -2.03. The second-order valence-corrected chi connectivity index (χ2v) is 7.54. The van der Waals surface area contributed by atoms with Crippen LogP contribution in [0.4, 0.5) is 0 Å². The van der Waals surface area contributed by atoms with Crippen molar-refractivity contribution in [3.05, 3.63) is 68.9 Å². The molecule has 0 amide bonds. The van der Waals surface area contributed by atoms with Crippen molar-refractivity contribution in [1.82, 2.24) is 9.97 Å². The molecule has 0 aliphatic carbocycles. The molecule has 0 aliphatic heterocycles. The molecule has 1 aromatic carbocycles. The second kappa shape index (κ2) is 8.01. The Morgan fingerprint density at radius 3 is 2.67 bits per heavy atom. The molecule has 124 valence electrons. The lowest BCUT2D eigenvalue weighted by Crippen LogP contribution is -1.93. The van der Waals surface area contributed by atoms with E-state index in [0.717, 1.165) is 32.9 Å². The third-order valence-corrected chi connectivity index (χ3v) is 5.44. The van der Waals surface area contributed by atoms with Crippen molar-refractivity contribution in [3.8, 4) is 10.6 Å². The van der Waals surface area contributed by atoms with E-state index >= 15 is 0 Å². The van der Waals surface area contributed by atoms with Gasteiger partial charge in [-0.1, -0.05) is 35.0 Å². The summed E-state index contributed by atoms with van der Waals surface area (Å²) in [5, 5.41) is 1.03. The van der Waals surface area contributed by atoms with Crippen molar-refractivity contribution in [3.63, 3.8) is 0 Å². The molecule has 0 atom stereocenters. The number of thiazole rings is 1. The smallest absolute Gasteiger partial charge is 0.124 e. The lowest BCUT2D eigenvalue weighted by molar-refractivity contribution is 0.109. The van der Waals surface area contributed by atoms with Crippen LogP contribution in [-0.4, -0.2) is 9.97 Å². The van der Waals surface area contributed by atoms with Gasteiger partial charge in [-0.2, -0.15) is 0 Å². The Labute approximate surface area is 154 Å². The van der Waals surface area contributed by atoms with Crippen molar-refractivity contribution in [1.29, 1.82) is 0 Å². The molecule has 3 nitrogen and oxygen atoms in total. The number of rotatable bonds is 6. The molecule has 2 heterocycles. The minimum Gasteiger partial charge on any atom is -0.371 e. The normalized spacial score (nSPS) is 11.0. The number of aryl methyl sites for hydroxylation is 2. The van der Waals surface area contributed by atoms with E-state index < -0.39 is 0 Å². The zero-order valence-electron chi connectivity index (χ0n) is 13.8. The van der Waals surface area contributed by atoms with Crippen LogP contribution in [-0.2, 0) is 24.4 Å². The molecule has 0 unspecified atom stereocenters. The van der Waals surface area contributed by atoms with Gasteiger partial charge in [0.1, 0.15) is 5.01 Å². The van der Waals surface area contributed by atoms with E-state index in [1.54, 1.807) is 11.3 Å². The van der Waals surface area contributed by atoms with Gasteiger partial charge in [0.2, 0.25) is 0 Å². The Hall–Kier alpha value is -1.56. The highest BCUT2D eigenvalue weighted by molar-refractivity contribution is 9.10. The highest BCUT2D eigenvalue weighted by atomic mass is 79.9. The standard InChI is InChI=1S/C19H19BrN2OS/c1-3-17-10-15(8-9-21-17)19-22-13(2)18(24-19)12-23-11-14-4-6-16(20)7-5-14/h4-10H,3,11-12H2,1-2H3. The van der Waals surface area contributed by atoms with Gasteiger partial charge in [-0.05, 0) is 43.2 Å². The first kappa shape index (κ1) is 17.3. The molecule has 0 fully saturated rings. The third kappa shape index (κ3) is 4.29. The summed E-state index contributed by atoms with van der Waals surface area (Å²) < 4.78 is 6.94. The van der Waals surface area contributed by atoms with E-state index in [4.69, 9.17) is 9.72 Å². The first-order chi connectivity index (χ1) is 11.7. The Balaban J connectivity index is 1.66. The van der Waals surface area contributed by atoms with E-state index in [9.17, 15) is 0 Å². The number of benzene rings is 1. The zero-order chi connectivity index (χ0) is 16.9. The monoisotopic (exact) mass is 402 g/mol. The molecule has 3 rings (SSSR count). The Bertz CT molecular complexity index is 814. The van der Waals surface area contributed by atoms with Gasteiger partial charge in [-0.15, -0.1) is 11.3 Å². The Morgan fingerprint density at radius 2 is 1.92 bits per heavy atom. The quantitative estimate of drug-likeness (QED) is 0.541. The van der Waals surface area contributed by atoms with E-state index in [2.05, 4.69) is 46.0 Å². The number of pyridine rings is 1. The predicted molar refractivity (Wildman–Crippen MR) is 102 cm³/mol. The van der Waals surface area contributed by atoms with E-state index in [0.29, 0.717) is 13.2 Å². The van der Waals surface area contributed by atoms with Gasteiger partial charge in [-0.25, -0.2) is 4.98 Å². The molecular formula is C19H19BrN2OS. The van der Waals surface area contributed by atoms with Crippen LogP contribution in [0.15, 0.2) is 47.1 Å². The fourth-order valence-corrected chi connectivity index (χ4v) is 3.59. The fraction of sp³-hybridized carbons (Fsp3) is 0.263. The van der Waals surface area contributed by atoms with Gasteiger partial charge in [-0.3, -0.25) is 4.98 Å². The molecule has 0 aliphatic rings. The van der Waals surface area contributed by atoms with Crippen LogP contribution in [0, 0.1) is 6.92 Å². The molecule has 24 heavy (non-hydrogen) atoms. The number of ether oxygens (including phenoxy) is 1. The van der Waals surface area contributed by atoms with E-state index in [-0.39, 0.29) is 0 Å². The van der Waals surface area contributed by atoms with Crippen molar-refractivity contribution >= 4 is 27.3 Å². The average molecular weight is 403 g/mol. The summed E-state index contributed by atoms with van der Waals surface area (Å²) in [5.41, 5.74) is 4.44. The van der Waals surface area contributed by atoms with Crippen molar-refractivity contribution < 1.29 is 4.74 Å². The molecule has 0 saturated carbocycles. The summed E-state index contributed by atoms with van der Waals surface area (Å²) in [6, 6.07) is 12.3. The highest BCUT2D eigenvalue weighted by Gasteiger charge is 2.10. The molecule has 5 heteroatoms. The third-order valence-electron chi connectivity index (χ3n) is 3.73. The average Bonchev–Trinajstić information content (AvgIpc) is 2.98. The molecule has 0 radical (unpaired) electrons. The summed E-state index contributed by atoms with van der Waals surface area (Å²) in [6.45, 7) is 5.35. The van der Waals surface area contributed by atoms with Crippen molar-refractivity contribution in [2.75, 3.05) is 0 Å². The van der Waals surface area contributed by atoms with Crippen LogP contribution < -0.4 is 0 Å². The van der Waals surface area contributed by atoms with Gasteiger partial charge in [0.05, 0.1) is 23.8 Å². The largest absolute Gasteiger partial charge is 0.371 e. The van der Waals surface area contributed by atoms with Crippen LogP contribution in [0.25, 0.3) is 10.6 Å². The minimum absolute atomic E-state index is 0.589. The molecule has 0 N–H and O–H groups in total. The first-order valence-corrected chi connectivity index (χ1v) is 9.50. The lowest BCUT2D eigenvalue weighted by atomic mass is 10.2. The topological polar surface area (TPSA) is 35.0 Å². The van der Waals surface area contributed by atoms with E-state index in [1.165, 1.54) is 10.4 Å². The fourth-order valence-electron chi connectivity index (χ4n) is 2.33. The predicted octanol–water partition coefficient (Wildman–Crippen LogP) is 5.56. The maximum atomic E-state index is 5.86. The van der Waals surface area contributed by atoms with Gasteiger partial charge in [0, 0.05) is 21.9 Å². The molecule has 2 aromatic heterocycles. The molecule has 0 saturated heterocycles. The van der Waals surface area contributed by atoms with Gasteiger partial charge in [0.25, 0.3) is 0 Å². The number of hydrogen-bond acceptors (Lipinski definition) is 4. The van der Waals surface area contributed by atoms with Crippen molar-refractivity contribution in [2.45, 2.75) is 33.5 Å². The maximum absolute atomic E-state index is 5.86. The number of aromatic nitrogens is 2. The zero-order valence-corrected chi connectivity index (χ0v) is 16.2. The molecule has 0 spiro atoms. The SMILES string of the molecule is CCc1cc(-c2nc(C)c(COCc3ccc(Br)cc3)s2)ccn1. The summed E-state index contributed by atoms with van der Waals surface area (Å²) in [5.74, 6) is 0. The van der Waals surface area contributed by atoms with Gasteiger partial charge in [0.15, 0.2) is 0 Å². The number of nitrogens with zero attached hydrogens (tertiary/aromatic N) is 2. The molecule has 3 aromatic rings. The van der Waals surface area contributed by atoms with Crippen LogP contribution in [0.1, 0.15) is 28.8 Å². The molecule has 0 bridgehead atoms. The van der Waals surface area contributed by atoms with Crippen LogP contribution >= 0.6 is 27.3 Å². The van der Waals surface area contributed by atoms with Crippen LogP contribution in [0.5, 0.6) is 0 Å². The van der Waals surface area contributed by atoms with Crippen molar-refractivity contribution in [2.24, 2.45) is 0 Å². The summed E-state index contributed by atoms with van der Waals surface area (Å²) >= 11 is 5.14. The first-order valence-electron chi connectivity index (χ1n) is 7.89.